The van der Waals surface area contributed by atoms with Gasteiger partial charge in [-0.3, -0.25) is 4.79 Å². The third-order valence-corrected chi connectivity index (χ3v) is 3.33. The number of aryl methyl sites for hydroxylation is 1. The van der Waals surface area contributed by atoms with Gasteiger partial charge in [0.2, 0.25) is 0 Å². The van der Waals surface area contributed by atoms with E-state index >= 15 is 0 Å². The molecule has 1 aromatic carbocycles. The van der Waals surface area contributed by atoms with E-state index in [-0.39, 0.29) is 12.5 Å². The number of benzene rings is 1. The summed E-state index contributed by atoms with van der Waals surface area (Å²) in [5.74, 6) is -0.155. The van der Waals surface area contributed by atoms with Crippen LogP contribution in [0.2, 0.25) is 0 Å². The molecule has 3 nitrogen and oxygen atoms in total. The molecule has 1 unspecified atom stereocenters. The summed E-state index contributed by atoms with van der Waals surface area (Å²) in [4.78, 5) is 11.9. The second-order valence-electron chi connectivity index (χ2n) is 4.49. The SMILES string of the molecule is CCC(C)(O)CNC(=O)c1cc(Br)ccc1C. The Bertz CT molecular complexity index is 416. The van der Waals surface area contributed by atoms with Crippen LogP contribution in [-0.2, 0) is 0 Å². The molecule has 0 aliphatic heterocycles. The Balaban J connectivity index is 2.74. The van der Waals surface area contributed by atoms with Gasteiger partial charge in [0.05, 0.1) is 5.60 Å². The first-order valence-electron chi connectivity index (χ1n) is 5.62. The Morgan fingerprint density at radius 3 is 2.76 bits per heavy atom. The number of amides is 1. The Morgan fingerprint density at radius 2 is 2.18 bits per heavy atom. The van der Waals surface area contributed by atoms with E-state index in [0.717, 1.165) is 10.0 Å². The van der Waals surface area contributed by atoms with Crippen molar-refractivity contribution in [1.82, 2.24) is 5.32 Å². The second kappa shape index (κ2) is 5.65. The lowest BCUT2D eigenvalue weighted by molar-refractivity contribution is 0.0518. The van der Waals surface area contributed by atoms with Crippen LogP contribution in [0.25, 0.3) is 0 Å². The molecule has 0 saturated carbocycles. The van der Waals surface area contributed by atoms with Crippen molar-refractivity contribution in [3.8, 4) is 0 Å². The third kappa shape index (κ3) is 4.13. The highest BCUT2D eigenvalue weighted by atomic mass is 79.9. The van der Waals surface area contributed by atoms with Gasteiger partial charge < -0.3 is 10.4 Å². The minimum atomic E-state index is -0.852. The molecular formula is C13H18BrNO2. The van der Waals surface area contributed by atoms with Crippen molar-refractivity contribution in [2.45, 2.75) is 32.8 Å². The average Bonchev–Trinajstić information content (AvgIpc) is 2.29. The van der Waals surface area contributed by atoms with Crippen molar-refractivity contribution < 1.29 is 9.90 Å². The molecule has 0 heterocycles. The fourth-order valence-corrected chi connectivity index (χ4v) is 1.69. The molecule has 1 amide bonds. The molecule has 0 bridgehead atoms. The molecule has 1 aromatic rings. The van der Waals surface area contributed by atoms with Crippen molar-refractivity contribution in [1.29, 1.82) is 0 Å². The minimum absolute atomic E-state index is 0.155. The molecule has 0 aliphatic rings. The first-order valence-corrected chi connectivity index (χ1v) is 6.42. The molecule has 17 heavy (non-hydrogen) atoms. The van der Waals surface area contributed by atoms with Crippen LogP contribution in [0, 0.1) is 6.92 Å². The average molecular weight is 300 g/mol. The standard InChI is InChI=1S/C13H18BrNO2/c1-4-13(3,17)8-15-12(16)11-7-10(14)6-5-9(11)2/h5-7,17H,4,8H2,1-3H3,(H,15,16). The van der Waals surface area contributed by atoms with Crippen molar-refractivity contribution >= 4 is 21.8 Å². The Labute approximate surface area is 110 Å². The number of carbonyl (C=O) groups is 1. The predicted octanol–water partition coefficient (Wildman–Crippen LogP) is 2.65. The van der Waals surface area contributed by atoms with Crippen LogP contribution < -0.4 is 5.32 Å². The van der Waals surface area contributed by atoms with Crippen LogP contribution in [0.15, 0.2) is 22.7 Å². The summed E-state index contributed by atoms with van der Waals surface area (Å²) in [6, 6.07) is 5.57. The maximum Gasteiger partial charge on any atom is 0.251 e. The van der Waals surface area contributed by atoms with Gasteiger partial charge in [0, 0.05) is 16.6 Å². The lowest BCUT2D eigenvalue weighted by Crippen LogP contribution is -2.40. The van der Waals surface area contributed by atoms with E-state index in [1.54, 1.807) is 13.0 Å². The van der Waals surface area contributed by atoms with Crippen molar-refractivity contribution in [3.63, 3.8) is 0 Å². The molecule has 0 saturated heterocycles. The summed E-state index contributed by atoms with van der Waals surface area (Å²) in [6.07, 6.45) is 0.602. The number of aliphatic hydroxyl groups is 1. The molecule has 0 aliphatic carbocycles. The monoisotopic (exact) mass is 299 g/mol. The number of carbonyl (C=O) groups excluding carboxylic acids is 1. The van der Waals surface area contributed by atoms with Gasteiger partial charge in [-0.15, -0.1) is 0 Å². The van der Waals surface area contributed by atoms with Gasteiger partial charge in [-0.1, -0.05) is 28.9 Å². The fourth-order valence-electron chi connectivity index (χ4n) is 1.33. The summed E-state index contributed by atoms with van der Waals surface area (Å²) in [6.45, 7) is 5.74. The molecule has 1 rings (SSSR count). The highest BCUT2D eigenvalue weighted by Gasteiger charge is 2.19. The molecule has 1 atom stereocenters. The number of halogens is 1. The normalized spacial score (nSPS) is 14.2. The largest absolute Gasteiger partial charge is 0.388 e. The topological polar surface area (TPSA) is 49.3 Å². The quantitative estimate of drug-likeness (QED) is 0.898. The zero-order chi connectivity index (χ0) is 13.1. The first kappa shape index (κ1) is 14.2. The maximum absolute atomic E-state index is 11.9. The van der Waals surface area contributed by atoms with Crippen molar-refractivity contribution in [2.24, 2.45) is 0 Å². The van der Waals surface area contributed by atoms with E-state index in [1.807, 2.05) is 26.0 Å². The lowest BCUT2D eigenvalue weighted by atomic mass is 10.0. The van der Waals surface area contributed by atoms with Crippen LogP contribution >= 0.6 is 15.9 Å². The van der Waals surface area contributed by atoms with E-state index < -0.39 is 5.60 Å². The molecule has 0 spiro atoms. The Kier molecular flexibility index (Phi) is 4.71. The smallest absolute Gasteiger partial charge is 0.251 e. The fraction of sp³-hybridized carbons (Fsp3) is 0.462. The predicted molar refractivity (Wildman–Crippen MR) is 72.1 cm³/mol. The Morgan fingerprint density at radius 1 is 1.53 bits per heavy atom. The number of hydrogen-bond donors (Lipinski definition) is 2. The van der Waals surface area contributed by atoms with E-state index in [4.69, 9.17) is 0 Å². The highest BCUT2D eigenvalue weighted by Crippen LogP contribution is 2.16. The zero-order valence-corrected chi connectivity index (χ0v) is 12.0. The van der Waals surface area contributed by atoms with Crippen LogP contribution in [0.1, 0.15) is 36.2 Å². The second-order valence-corrected chi connectivity index (χ2v) is 5.41. The molecule has 2 N–H and O–H groups in total. The summed E-state index contributed by atoms with van der Waals surface area (Å²) in [7, 11) is 0. The van der Waals surface area contributed by atoms with Crippen LogP contribution in [0.5, 0.6) is 0 Å². The van der Waals surface area contributed by atoms with Gasteiger partial charge in [0.15, 0.2) is 0 Å². The van der Waals surface area contributed by atoms with E-state index in [2.05, 4.69) is 21.2 Å². The van der Waals surface area contributed by atoms with E-state index in [9.17, 15) is 9.90 Å². The Hall–Kier alpha value is -0.870. The van der Waals surface area contributed by atoms with Gasteiger partial charge in [-0.2, -0.15) is 0 Å². The molecular weight excluding hydrogens is 282 g/mol. The van der Waals surface area contributed by atoms with Gasteiger partial charge in [-0.25, -0.2) is 0 Å². The number of hydrogen-bond acceptors (Lipinski definition) is 2. The van der Waals surface area contributed by atoms with Gasteiger partial charge in [-0.05, 0) is 38.0 Å². The molecule has 0 radical (unpaired) electrons. The molecule has 0 fully saturated rings. The van der Waals surface area contributed by atoms with Crippen molar-refractivity contribution in [2.75, 3.05) is 6.54 Å². The molecule has 94 valence electrons. The lowest BCUT2D eigenvalue weighted by Gasteiger charge is -2.21. The van der Waals surface area contributed by atoms with E-state index in [1.165, 1.54) is 0 Å². The van der Waals surface area contributed by atoms with Crippen molar-refractivity contribution in [3.05, 3.63) is 33.8 Å². The zero-order valence-electron chi connectivity index (χ0n) is 10.4. The van der Waals surface area contributed by atoms with Crippen LogP contribution in [0.3, 0.4) is 0 Å². The summed E-state index contributed by atoms with van der Waals surface area (Å²) >= 11 is 3.34. The third-order valence-electron chi connectivity index (χ3n) is 2.84. The highest BCUT2D eigenvalue weighted by molar-refractivity contribution is 9.10. The summed E-state index contributed by atoms with van der Waals surface area (Å²) < 4.78 is 0.871. The molecule has 4 heteroatoms. The molecule has 0 aromatic heterocycles. The van der Waals surface area contributed by atoms with Crippen LogP contribution in [0.4, 0.5) is 0 Å². The minimum Gasteiger partial charge on any atom is -0.388 e. The number of rotatable bonds is 4. The summed E-state index contributed by atoms with van der Waals surface area (Å²) in [5, 5.41) is 12.6. The van der Waals surface area contributed by atoms with Crippen LogP contribution in [-0.4, -0.2) is 23.2 Å². The number of nitrogens with one attached hydrogen (secondary N) is 1. The first-order chi connectivity index (χ1) is 7.85. The van der Waals surface area contributed by atoms with E-state index in [0.29, 0.717) is 12.0 Å². The van der Waals surface area contributed by atoms with Gasteiger partial charge in [0.25, 0.3) is 5.91 Å². The van der Waals surface area contributed by atoms with Gasteiger partial charge in [0.1, 0.15) is 0 Å². The van der Waals surface area contributed by atoms with Gasteiger partial charge >= 0.3 is 0 Å². The summed E-state index contributed by atoms with van der Waals surface area (Å²) in [5.41, 5.74) is 0.698. The maximum atomic E-state index is 11.9.